The number of ether oxygens (including phenoxy) is 1. The Labute approximate surface area is 160 Å². The lowest BCUT2D eigenvalue weighted by molar-refractivity contribution is -0.0171. The van der Waals surface area contributed by atoms with E-state index in [1.165, 1.54) is 12.1 Å². The molecule has 2 N–H and O–H groups in total. The standard InChI is InChI=1S/C20H20F2N4O2/c21-13-5-6-14(15(22)11-13)18-12-26(9-10-28-18)20(27)23-8-7-19-24-16-3-1-2-4-17(16)25-19/h1-6,11,18H,7-10,12H2,(H,23,27)(H,24,25)/t18-/m0/s1. The number of hydrogen-bond donors (Lipinski definition) is 2. The van der Waals surface area contributed by atoms with Gasteiger partial charge in [-0.2, -0.15) is 0 Å². The second-order valence-electron chi connectivity index (χ2n) is 6.65. The van der Waals surface area contributed by atoms with Gasteiger partial charge in [-0.25, -0.2) is 18.6 Å². The van der Waals surface area contributed by atoms with Gasteiger partial charge in [0.15, 0.2) is 0 Å². The molecule has 28 heavy (non-hydrogen) atoms. The molecule has 1 aromatic heterocycles. The number of fused-ring (bicyclic) bond motifs is 1. The number of carbonyl (C=O) groups excluding carboxylic acids is 1. The molecule has 1 fully saturated rings. The molecular weight excluding hydrogens is 366 g/mol. The predicted octanol–water partition coefficient (Wildman–Crippen LogP) is 3.17. The first kappa shape index (κ1) is 18.4. The number of aromatic nitrogens is 2. The quantitative estimate of drug-likeness (QED) is 0.724. The zero-order chi connectivity index (χ0) is 19.5. The summed E-state index contributed by atoms with van der Waals surface area (Å²) in [5.74, 6) is -0.510. The Morgan fingerprint density at radius 3 is 2.96 bits per heavy atom. The van der Waals surface area contributed by atoms with Crippen LogP contribution < -0.4 is 5.32 Å². The summed E-state index contributed by atoms with van der Waals surface area (Å²) in [4.78, 5) is 21.7. The lowest BCUT2D eigenvalue weighted by Crippen LogP contribution is -2.47. The molecule has 0 bridgehead atoms. The SMILES string of the molecule is O=C(NCCc1nc2ccccc2[nH]1)N1CCO[C@H](c2ccc(F)cc2F)C1. The van der Waals surface area contributed by atoms with Crippen molar-refractivity contribution in [1.82, 2.24) is 20.2 Å². The average Bonchev–Trinajstić information content (AvgIpc) is 3.11. The minimum absolute atomic E-state index is 0.207. The number of imidazole rings is 1. The van der Waals surface area contributed by atoms with Gasteiger partial charge in [-0.05, 0) is 18.2 Å². The molecule has 1 atom stereocenters. The summed E-state index contributed by atoms with van der Waals surface area (Å²) in [5, 5.41) is 2.86. The molecule has 1 saturated heterocycles. The smallest absolute Gasteiger partial charge is 0.317 e. The maximum Gasteiger partial charge on any atom is 0.317 e. The van der Waals surface area contributed by atoms with Gasteiger partial charge in [0.05, 0.1) is 24.2 Å². The molecule has 3 aromatic rings. The van der Waals surface area contributed by atoms with Gasteiger partial charge in [0.1, 0.15) is 23.6 Å². The molecule has 0 saturated carbocycles. The lowest BCUT2D eigenvalue weighted by atomic mass is 10.1. The van der Waals surface area contributed by atoms with E-state index in [9.17, 15) is 13.6 Å². The molecule has 0 radical (unpaired) electrons. The summed E-state index contributed by atoms with van der Waals surface area (Å²) >= 11 is 0. The van der Waals surface area contributed by atoms with Gasteiger partial charge in [0, 0.05) is 31.1 Å². The Morgan fingerprint density at radius 1 is 1.29 bits per heavy atom. The Hall–Kier alpha value is -3.00. The third-order valence-corrected chi connectivity index (χ3v) is 4.74. The number of amides is 2. The van der Waals surface area contributed by atoms with Crippen molar-refractivity contribution in [1.29, 1.82) is 0 Å². The fraction of sp³-hybridized carbons (Fsp3) is 0.300. The van der Waals surface area contributed by atoms with E-state index >= 15 is 0 Å². The number of carbonyl (C=O) groups is 1. The molecule has 2 amide bonds. The highest BCUT2D eigenvalue weighted by molar-refractivity contribution is 5.75. The van der Waals surface area contributed by atoms with Gasteiger partial charge < -0.3 is 19.9 Å². The van der Waals surface area contributed by atoms with E-state index in [4.69, 9.17) is 4.74 Å². The second kappa shape index (κ2) is 7.93. The fourth-order valence-corrected chi connectivity index (χ4v) is 3.31. The Bertz CT molecular complexity index is 958. The molecule has 0 spiro atoms. The molecule has 2 heterocycles. The lowest BCUT2D eigenvalue weighted by Gasteiger charge is -2.33. The van der Waals surface area contributed by atoms with Crippen molar-refractivity contribution in [2.75, 3.05) is 26.2 Å². The van der Waals surface area contributed by atoms with Gasteiger partial charge in [0.2, 0.25) is 0 Å². The van der Waals surface area contributed by atoms with E-state index in [0.29, 0.717) is 26.1 Å². The first-order valence-corrected chi connectivity index (χ1v) is 9.13. The molecule has 0 aliphatic carbocycles. The number of aromatic amines is 1. The van der Waals surface area contributed by atoms with Gasteiger partial charge >= 0.3 is 6.03 Å². The molecule has 8 heteroatoms. The Morgan fingerprint density at radius 2 is 2.14 bits per heavy atom. The number of para-hydroxylation sites is 2. The first-order chi connectivity index (χ1) is 13.6. The van der Waals surface area contributed by atoms with Crippen LogP contribution >= 0.6 is 0 Å². The topological polar surface area (TPSA) is 70.2 Å². The molecular formula is C20H20F2N4O2. The van der Waals surface area contributed by atoms with Crippen molar-refractivity contribution in [3.63, 3.8) is 0 Å². The van der Waals surface area contributed by atoms with E-state index in [1.807, 2.05) is 24.3 Å². The van der Waals surface area contributed by atoms with E-state index in [2.05, 4.69) is 15.3 Å². The van der Waals surface area contributed by atoms with Crippen molar-refractivity contribution < 1.29 is 18.3 Å². The molecule has 4 rings (SSSR count). The fourth-order valence-electron chi connectivity index (χ4n) is 3.31. The third-order valence-electron chi connectivity index (χ3n) is 4.74. The molecule has 146 valence electrons. The monoisotopic (exact) mass is 386 g/mol. The molecule has 1 aliphatic rings. The summed E-state index contributed by atoms with van der Waals surface area (Å²) < 4.78 is 32.7. The highest BCUT2D eigenvalue weighted by Crippen LogP contribution is 2.25. The van der Waals surface area contributed by atoms with E-state index in [1.54, 1.807) is 4.90 Å². The summed E-state index contributed by atoms with van der Waals surface area (Å²) in [6.45, 7) is 1.33. The van der Waals surface area contributed by atoms with Crippen molar-refractivity contribution in [2.45, 2.75) is 12.5 Å². The molecule has 6 nitrogen and oxygen atoms in total. The van der Waals surface area contributed by atoms with E-state index in [0.717, 1.165) is 22.9 Å². The van der Waals surface area contributed by atoms with Crippen molar-refractivity contribution in [3.8, 4) is 0 Å². The highest BCUT2D eigenvalue weighted by Gasteiger charge is 2.27. The predicted molar refractivity (Wildman–Crippen MR) is 99.8 cm³/mol. The molecule has 2 aromatic carbocycles. The number of nitrogens with one attached hydrogen (secondary N) is 2. The van der Waals surface area contributed by atoms with Crippen LogP contribution in [-0.4, -0.2) is 47.1 Å². The third kappa shape index (κ3) is 3.96. The molecule has 0 unspecified atom stereocenters. The average molecular weight is 386 g/mol. The number of nitrogens with zero attached hydrogens (tertiary/aromatic N) is 2. The minimum Gasteiger partial charge on any atom is -0.370 e. The molecule has 1 aliphatic heterocycles. The van der Waals surface area contributed by atoms with Crippen LogP contribution in [-0.2, 0) is 11.2 Å². The van der Waals surface area contributed by atoms with E-state index < -0.39 is 17.7 Å². The van der Waals surface area contributed by atoms with Crippen LogP contribution in [0, 0.1) is 11.6 Å². The normalized spacial score (nSPS) is 17.1. The maximum atomic E-state index is 14.0. The maximum absolute atomic E-state index is 14.0. The number of morpholine rings is 1. The van der Waals surface area contributed by atoms with Crippen LogP contribution in [0.4, 0.5) is 13.6 Å². The summed E-state index contributed by atoms with van der Waals surface area (Å²) in [7, 11) is 0. The first-order valence-electron chi connectivity index (χ1n) is 9.13. The minimum atomic E-state index is -0.669. The van der Waals surface area contributed by atoms with Crippen LogP contribution in [0.5, 0.6) is 0 Å². The Kier molecular flexibility index (Phi) is 5.21. The summed E-state index contributed by atoms with van der Waals surface area (Å²) in [5.41, 5.74) is 2.10. The van der Waals surface area contributed by atoms with Gasteiger partial charge in [-0.3, -0.25) is 0 Å². The number of benzene rings is 2. The largest absolute Gasteiger partial charge is 0.370 e. The van der Waals surface area contributed by atoms with Crippen molar-refractivity contribution in [2.24, 2.45) is 0 Å². The van der Waals surface area contributed by atoms with Gasteiger partial charge in [-0.1, -0.05) is 18.2 Å². The van der Waals surface area contributed by atoms with E-state index in [-0.39, 0.29) is 18.1 Å². The zero-order valence-electron chi connectivity index (χ0n) is 15.1. The number of halogens is 2. The van der Waals surface area contributed by atoms with Crippen molar-refractivity contribution in [3.05, 3.63) is 65.5 Å². The number of rotatable bonds is 4. The van der Waals surface area contributed by atoms with Crippen LogP contribution in [0.3, 0.4) is 0 Å². The van der Waals surface area contributed by atoms with Crippen LogP contribution in [0.2, 0.25) is 0 Å². The van der Waals surface area contributed by atoms with Crippen LogP contribution in [0.15, 0.2) is 42.5 Å². The van der Waals surface area contributed by atoms with Gasteiger partial charge in [-0.15, -0.1) is 0 Å². The summed E-state index contributed by atoms with van der Waals surface area (Å²) in [6.07, 6.45) is -0.0451. The van der Waals surface area contributed by atoms with Crippen molar-refractivity contribution >= 4 is 17.1 Å². The Balaban J connectivity index is 1.32. The number of urea groups is 1. The summed E-state index contributed by atoms with van der Waals surface area (Å²) in [6, 6.07) is 10.9. The number of H-pyrrole nitrogens is 1. The second-order valence-corrected chi connectivity index (χ2v) is 6.65. The number of hydrogen-bond acceptors (Lipinski definition) is 3. The zero-order valence-corrected chi connectivity index (χ0v) is 15.1. The van der Waals surface area contributed by atoms with Crippen LogP contribution in [0.25, 0.3) is 11.0 Å². The van der Waals surface area contributed by atoms with Gasteiger partial charge in [0.25, 0.3) is 0 Å². The highest BCUT2D eigenvalue weighted by atomic mass is 19.1. The van der Waals surface area contributed by atoms with Crippen LogP contribution in [0.1, 0.15) is 17.5 Å².